The van der Waals surface area contributed by atoms with Gasteiger partial charge in [-0.3, -0.25) is 14.8 Å². The molecule has 0 aliphatic carbocycles. The van der Waals surface area contributed by atoms with E-state index in [2.05, 4.69) is 9.97 Å². The summed E-state index contributed by atoms with van der Waals surface area (Å²) >= 11 is 1.48. The molecule has 1 aromatic carbocycles. The molecule has 4 aromatic rings. The van der Waals surface area contributed by atoms with Crippen molar-refractivity contribution in [3.05, 3.63) is 66.2 Å². The van der Waals surface area contributed by atoms with Crippen molar-refractivity contribution in [2.45, 2.75) is 19.4 Å². The zero-order valence-electron chi connectivity index (χ0n) is 16.5. The van der Waals surface area contributed by atoms with Gasteiger partial charge in [-0.2, -0.15) is 0 Å². The van der Waals surface area contributed by atoms with E-state index in [9.17, 15) is 9.18 Å². The van der Waals surface area contributed by atoms with E-state index in [0.29, 0.717) is 24.4 Å². The molecule has 1 saturated heterocycles. The maximum absolute atomic E-state index is 14.2. The molecule has 1 amide bonds. The van der Waals surface area contributed by atoms with Crippen molar-refractivity contribution in [2.24, 2.45) is 0 Å². The van der Waals surface area contributed by atoms with E-state index in [0.717, 1.165) is 39.3 Å². The number of rotatable bonds is 5. The number of carbonyl (C=O) groups excluding carboxylic acids is 1. The third-order valence-corrected chi connectivity index (χ3v) is 6.33. The predicted molar refractivity (Wildman–Crippen MR) is 118 cm³/mol. The van der Waals surface area contributed by atoms with E-state index >= 15 is 0 Å². The van der Waals surface area contributed by atoms with Crippen molar-refractivity contribution in [1.29, 1.82) is 0 Å². The molecule has 0 unspecified atom stereocenters. The van der Waals surface area contributed by atoms with Gasteiger partial charge in [0.1, 0.15) is 5.75 Å². The molecule has 6 nitrogen and oxygen atoms in total. The fourth-order valence-electron chi connectivity index (χ4n) is 3.60. The zero-order chi connectivity index (χ0) is 21.4. The average molecular weight is 434 g/mol. The number of nitrogens with two attached hydrogens (primary N) is 1. The highest BCUT2D eigenvalue weighted by Gasteiger charge is 2.20. The number of pyridine rings is 2. The molecular formula is C23H19FN4O2S. The van der Waals surface area contributed by atoms with Gasteiger partial charge < -0.3 is 15.4 Å². The maximum Gasteiger partial charge on any atom is 0.222 e. The molecule has 0 atom stereocenters. The largest absolute Gasteiger partial charge is 0.453 e. The van der Waals surface area contributed by atoms with E-state index in [1.54, 1.807) is 24.5 Å². The Kier molecular flexibility index (Phi) is 4.99. The normalized spacial score (nSPS) is 13.8. The van der Waals surface area contributed by atoms with Crippen LogP contribution in [0.3, 0.4) is 0 Å². The van der Waals surface area contributed by atoms with Crippen LogP contribution in [0.1, 0.15) is 18.4 Å². The Bertz CT molecular complexity index is 1270. The van der Waals surface area contributed by atoms with Crippen molar-refractivity contribution in [1.82, 2.24) is 14.9 Å². The Hall–Kier alpha value is -3.52. The van der Waals surface area contributed by atoms with Crippen LogP contribution in [0.4, 0.5) is 10.1 Å². The Labute approximate surface area is 182 Å². The number of halogens is 1. The smallest absolute Gasteiger partial charge is 0.222 e. The Morgan fingerprint density at radius 2 is 2.03 bits per heavy atom. The molecule has 0 radical (unpaired) electrons. The minimum Gasteiger partial charge on any atom is -0.453 e. The quantitative estimate of drug-likeness (QED) is 0.447. The van der Waals surface area contributed by atoms with Crippen LogP contribution in [0.15, 0.2) is 54.9 Å². The van der Waals surface area contributed by atoms with Gasteiger partial charge in [-0.1, -0.05) is 6.07 Å². The van der Waals surface area contributed by atoms with Gasteiger partial charge in [-0.15, -0.1) is 11.3 Å². The van der Waals surface area contributed by atoms with E-state index in [-0.39, 0.29) is 11.7 Å². The van der Waals surface area contributed by atoms with E-state index in [1.807, 2.05) is 23.1 Å². The number of amides is 1. The SMILES string of the molecule is Nc1ccc(Oc2ccnc3cc(-c4ccc(CN5CCCC5=O)cn4)sc23)c(F)c1. The second kappa shape index (κ2) is 7.96. The number of ether oxygens (including phenoxy) is 1. The summed E-state index contributed by atoms with van der Waals surface area (Å²) in [4.78, 5) is 23.6. The number of benzene rings is 1. The lowest BCUT2D eigenvalue weighted by atomic mass is 10.2. The summed E-state index contributed by atoms with van der Waals surface area (Å²) in [6.07, 6.45) is 4.99. The molecule has 1 aliphatic rings. The summed E-state index contributed by atoms with van der Waals surface area (Å²) in [5.41, 5.74) is 8.51. The van der Waals surface area contributed by atoms with Crippen molar-refractivity contribution < 1.29 is 13.9 Å². The number of carbonyl (C=O) groups is 1. The van der Waals surface area contributed by atoms with Gasteiger partial charge in [0.15, 0.2) is 11.6 Å². The predicted octanol–water partition coefficient (Wildman–Crippen LogP) is 4.99. The van der Waals surface area contributed by atoms with Crippen molar-refractivity contribution in [2.75, 3.05) is 12.3 Å². The van der Waals surface area contributed by atoms with Gasteiger partial charge in [-0.25, -0.2) is 4.39 Å². The summed E-state index contributed by atoms with van der Waals surface area (Å²) in [7, 11) is 0. The highest BCUT2D eigenvalue weighted by molar-refractivity contribution is 7.22. The summed E-state index contributed by atoms with van der Waals surface area (Å²) in [5, 5.41) is 0. The van der Waals surface area contributed by atoms with E-state index in [1.165, 1.54) is 23.5 Å². The number of nitrogens with zero attached hydrogens (tertiary/aromatic N) is 3. The maximum atomic E-state index is 14.2. The van der Waals surface area contributed by atoms with Gasteiger partial charge in [0.25, 0.3) is 0 Å². The number of hydrogen-bond donors (Lipinski definition) is 1. The summed E-state index contributed by atoms with van der Waals surface area (Å²) in [5.74, 6) is 0.310. The molecule has 0 spiro atoms. The van der Waals surface area contributed by atoms with Crippen molar-refractivity contribution in [3.8, 4) is 22.1 Å². The number of hydrogen-bond acceptors (Lipinski definition) is 6. The number of anilines is 1. The first-order chi connectivity index (χ1) is 15.1. The van der Waals surface area contributed by atoms with Gasteiger partial charge >= 0.3 is 0 Å². The number of nitrogen functional groups attached to an aromatic ring is 1. The summed E-state index contributed by atoms with van der Waals surface area (Å²) in [6, 6.07) is 11.9. The Morgan fingerprint density at radius 3 is 2.77 bits per heavy atom. The van der Waals surface area contributed by atoms with Crippen LogP contribution in [0, 0.1) is 5.82 Å². The fraction of sp³-hybridized carbons (Fsp3) is 0.174. The van der Waals surface area contributed by atoms with Crippen LogP contribution in [0.25, 0.3) is 20.8 Å². The third-order valence-electron chi connectivity index (χ3n) is 5.17. The number of thiophene rings is 1. The van der Waals surface area contributed by atoms with Gasteiger partial charge in [0, 0.05) is 49.7 Å². The highest BCUT2D eigenvalue weighted by Crippen LogP contribution is 2.39. The Balaban J connectivity index is 1.41. The molecule has 1 aliphatic heterocycles. The fourth-order valence-corrected chi connectivity index (χ4v) is 4.64. The topological polar surface area (TPSA) is 81.3 Å². The van der Waals surface area contributed by atoms with Crippen molar-refractivity contribution in [3.63, 3.8) is 0 Å². The minimum absolute atomic E-state index is 0.107. The number of likely N-dealkylation sites (tertiary alicyclic amines) is 1. The first kappa shape index (κ1) is 19.4. The molecule has 156 valence electrons. The summed E-state index contributed by atoms with van der Waals surface area (Å²) in [6.45, 7) is 1.39. The van der Waals surface area contributed by atoms with E-state index in [4.69, 9.17) is 10.5 Å². The highest BCUT2D eigenvalue weighted by atomic mass is 32.1. The lowest BCUT2D eigenvalue weighted by Gasteiger charge is -2.15. The van der Waals surface area contributed by atoms with Crippen LogP contribution >= 0.6 is 11.3 Å². The molecule has 31 heavy (non-hydrogen) atoms. The van der Waals surface area contributed by atoms with Crippen LogP contribution < -0.4 is 10.5 Å². The van der Waals surface area contributed by atoms with Gasteiger partial charge in [-0.05, 0) is 36.2 Å². The molecule has 3 aromatic heterocycles. The van der Waals surface area contributed by atoms with Gasteiger partial charge in [0.05, 0.1) is 20.8 Å². The zero-order valence-corrected chi connectivity index (χ0v) is 17.4. The molecule has 0 bridgehead atoms. The molecule has 8 heteroatoms. The summed E-state index contributed by atoms with van der Waals surface area (Å²) < 4.78 is 20.8. The van der Waals surface area contributed by atoms with Crippen LogP contribution in [0.2, 0.25) is 0 Å². The second-order valence-corrected chi connectivity index (χ2v) is 8.45. The van der Waals surface area contributed by atoms with Crippen LogP contribution in [0.5, 0.6) is 11.5 Å². The average Bonchev–Trinajstić information content (AvgIpc) is 3.37. The second-order valence-electron chi connectivity index (χ2n) is 7.40. The van der Waals surface area contributed by atoms with Crippen LogP contribution in [-0.4, -0.2) is 27.3 Å². The first-order valence-electron chi connectivity index (χ1n) is 9.91. The molecule has 2 N–H and O–H groups in total. The van der Waals surface area contributed by atoms with Crippen LogP contribution in [-0.2, 0) is 11.3 Å². The molecule has 5 rings (SSSR count). The standard InChI is InChI=1S/C23H19FN4O2S/c24-16-10-15(25)4-6-19(16)30-20-7-8-26-18-11-21(31-23(18)20)17-5-3-14(12-27-17)13-28-9-1-2-22(28)29/h3-8,10-12H,1-2,9,13,25H2. The number of aromatic nitrogens is 2. The first-order valence-corrected chi connectivity index (χ1v) is 10.7. The number of fused-ring (bicyclic) bond motifs is 1. The van der Waals surface area contributed by atoms with E-state index < -0.39 is 5.82 Å². The molecule has 0 saturated carbocycles. The lowest BCUT2D eigenvalue weighted by Crippen LogP contribution is -2.23. The van der Waals surface area contributed by atoms with Crippen molar-refractivity contribution >= 4 is 33.1 Å². The third kappa shape index (κ3) is 3.94. The molecular weight excluding hydrogens is 415 g/mol. The van der Waals surface area contributed by atoms with Gasteiger partial charge in [0.2, 0.25) is 5.91 Å². The molecule has 1 fully saturated rings. The lowest BCUT2D eigenvalue weighted by molar-refractivity contribution is -0.128. The molecule has 4 heterocycles. The minimum atomic E-state index is -0.518. The Morgan fingerprint density at radius 1 is 1.13 bits per heavy atom. The monoisotopic (exact) mass is 434 g/mol.